The van der Waals surface area contributed by atoms with Gasteiger partial charge in [-0.2, -0.15) is 0 Å². The van der Waals surface area contributed by atoms with Crippen molar-refractivity contribution in [1.82, 2.24) is 15.5 Å². The smallest absolute Gasteiger partial charge is 0.119 e. The van der Waals surface area contributed by atoms with Gasteiger partial charge in [0.15, 0.2) is 0 Å². The third kappa shape index (κ3) is 7.19. The van der Waals surface area contributed by atoms with Crippen LogP contribution in [0.4, 0.5) is 0 Å². The zero-order valence-electron chi connectivity index (χ0n) is 19.1. The van der Waals surface area contributed by atoms with Gasteiger partial charge >= 0.3 is 0 Å². The maximum Gasteiger partial charge on any atom is 0.119 e. The lowest BCUT2D eigenvalue weighted by atomic mass is 10.0. The highest BCUT2D eigenvalue weighted by atomic mass is 35.5. The van der Waals surface area contributed by atoms with E-state index >= 15 is 0 Å². The van der Waals surface area contributed by atoms with Crippen molar-refractivity contribution in [3.63, 3.8) is 0 Å². The molecule has 4 nitrogen and oxygen atoms in total. The Morgan fingerprint density at radius 1 is 1.19 bits per heavy atom. The summed E-state index contributed by atoms with van der Waals surface area (Å²) in [5.74, 6) is 2.42. The predicted molar refractivity (Wildman–Crippen MR) is 130 cm³/mol. The molecule has 2 N–H and O–H groups in total. The Hall–Kier alpha value is -2.17. The standard InChI is InChI=1S/C26H36ClN3O/c1-19(2)18-31-26-9-5-22(6-10-26)16-29-21(4)30(25-11-13-28-14-12-25)17-23-7-8-24(27)15-20(23)3/h5-10,15,19,25,28-29H,4,11-14,16-18H2,1-3H3. The molecule has 0 atom stereocenters. The number of hydrogen-bond donors (Lipinski definition) is 2. The maximum atomic E-state index is 6.17. The molecule has 1 saturated heterocycles. The molecule has 0 amide bonds. The topological polar surface area (TPSA) is 36.5 Å². The summed E-state index contributed by atoms with van der Waals surface area (Å²) >= 11 is 6.17. The Morgan fingerprint density at radius 2 is 1.90 bits per heavy atom. The van der Waals surface area contributed by atoms with Crippen molar-refractivity contribution in [2.75, 3.05) is 19.7 Å². The molecule has 3 rings (SSSR count). The van der Waals surface area contributed by atoms with Crippen molar-refractivity contribution in [3.05, 3.63) is 76.6 Å². The largest absolute Gasteiger partial charge is 0.493 e. The van der Waals surface area contributed by atoms with Gasteiger partial charge in [-0.1, -0.05) is 50.2 Å². The average molecular weight is 442 g/mol. The molecular weight excluding hydrogens is 406 g/mol. The lowest BCUT2D eigenvalue weighted by Gasteiger charge is -2.38. The Kier molecular flexibility index (Phi) is 8.68. The van der Waals surface area contributed by atoms with E-state index in [-0.39, 0.29) is 0 Å². The number of ether oxygens (including phenoxy) is 1. The van der Waals surface area contributed by atoms with Crippen LogP contribution in [0.2, 0.25) is 5.02 Å². The minimum Gasteiger partial charge on any atom is -0.493 e. The highest BCUT2D eigenvalue weighted by Crippen LogP contribution is 2.23. The van der Waals surface area contributed by atoms with E-state index < -0.39 is 0 Å². The average Bonchev–Trinajstić information content (AvgIpc) is 2.77. The lowest BCUT2D eigenvalue weighted by Crippen LogP contribution is -2.44. The Bertz CT molecular complexity index is 844. The van der Waals surface area contributed by atoms with Crippen LogP contribution in [0.5, 0.6) is 5.75 Å². The molecule has 1 fully saturated rings. The lowest BCUT2D eigenvalue weighted by molar-refractivity contribution is 0.187. The second kappa shape index (κ2) is 11.4. The summed E-state index contributed by atoms with van der Waals surface area (Å²) in [6.45, 7) is 15.2. The van der Waals surface area contributed by atoms with E-state index in [2.05, 4.69) is 61.1 Å². The number of piperidine rings is 1. The van der Waals surface area contributed by atoms with E-state index in [1.54, 1.807) is 0 Å². The number of rotatable bonds is 10. The summed E-state index contributed by atoms with van der Waals surface area (Å²) in [5.41, 5.74) is 3.72. The van der Waals surface area contributed by atoms with Gasteiger partial charge < -0.3 is 20.3 Å². The molecule has 0 aliphatic carbocycles. The number of hydrogen-bond acceptors (Lipinski definition) is 4. The molecule has 31 heavy (non-hydrogen) atoms. The van der Waals surface area contributed by atoms with Gasteiger partial charge in [0.2, 0.25) is 0 Å². The molecule has 1 aliphatic rings. The van der Waals surface area contributed by atoms with Gasteiger partial charge in [-0.05, 0) is 79.7 Å². The molecule has 0 radical (unpaired) electrons. The van der Waals surface area contributed by atoms with Gasteiger partial charge in [-0.25, -0.2) is 0 Å². The van der Waals surface area contributed by atoms with Crippen LogP contribution >= 0.6 is 11.6 Å². The summed E-state index contributed by atoms with van der Waals surface area (Å²) in [5, 5.41) is 7.81. The van der Waals surface area contributed by atoms with Crippen LogP contribution in [0.15, 0.2) is 54.9 Å². The fraction of sp³-hybridized carbons (Fsp3) is 0.462. The van der Waals surface area contributed by atoms with Gasteiger partial charge in [-0.3, -0.25) is 0 Å². The molecule has 0 unspecified atom stereocenters. The van der Waals surface area contributed by atoms with Crippen molar-refractivity contribution < 1.29 is 4.74 Å². The van der Waals surface area contributed by atoms with Crippen LogP contribution in [-0.2, 0) is 13.1 Å². The number of aryl methyl sites for hydroxylation is 1. The van der Waals surface area contributed by atoms with Crippen LogP contribution in [0.1, 0.15) is 43.4 Å². The summed E-state index contributed by atoms with van der Waals surface area (Å²) in [6, 6.07) is 15.0. The third-order valence-corrected chi connectivity index (χ3v) is 5.98. The molecule has 2 aromatic rings. The third-order valence-electron chi connectivity index (χ3n) is 5.74. The molecule has 0 bridgehead atoms. The molecule has 0 spiro atoms. The Labute approximate surface area is 192 Å². The van der Waals surface area contributed by atoms with E-state index in [9.17, 15) is 0 Å². The van der Waals surface area contributed by atoms with Crippen LogP contribution < -0.4 is 15.4 Å². The Balaban J connectivity index is 1.64. The van der Waals surface area contributed by atoms with E-state index in [0.29, 0.717) is 12.0 Å². The summed E-state index contributed by atoms with van der Waals surface area (Å²) in [7, 11) is 0. The van der Waals surface area contributed by atoms with Gasteiger partial charge in [0.25, 0.3) is 0 Å². The van der Waals surface area contributed by atoms with Crippen LogP contribution in [0, 0.1) is 12.8 Å². The van der Waals surface area contributed by atoms with Crippen LogP contribution in [0.3, 0.4) is 0 Å². The summed E-state index contributed by atoms with van der Waals surface area (Å²) in [4.78, 5) is 2.43. The van der Waals surface area contributed by atoms with Crippen molar-refractivity contribution in [2.24, 2.45) is 5.92 Å². The first-order chi connectivity index (χ1) is 14.9. The Morgan fingerprint density at radius 3 is 2.55 bits per heavy atom. The number of nitrogens with one attached hydrogen (secondary N) is 2. The molecule has 5 heteroatoms. The number of nitrogens with zero attached hydrogens (tertiary/aromatic N) is 1. The van der Waals surface area contributed by atoms with Gasteiger partial charge in [-0.15, -0.1) is 0 Å². The molecular formula is C26H36ClN3O. The zero-order chi connectivity index (χ0) is 22.2. The molecule has 1 aliphatic heterocycles. The zero-order valence-corrected chi connectivity index (χ0v) is 19.8. The predicted octanol–water partition coefficient (Wildman–Crippen LogP) is 5.50. The highest BCUT2D eigenvalue weighted by Gasteiger charge is 2.23. The molecule has 2 aromatic carbocycles. The summed E-state index contributed by atoms with van der Waals surface area (Å²) < 4.78 is 5.79. The normalized spacial score (nSPS) is 14.5. The number of halogens is 1. The number of benzene rings is 2. The fourth-order valence-electron chi connectivity index (χ4n) is 3.86. The minimum absolute atomic E-state index is 0.475. The molecule has 0 saturated carbocycles. The first-order valence-corrected chi connectivity index (χ1v) is 11.7. The first-order valence-electron chi connectivity index (χ1n) is 11.3. The van der Waals surface area contributed by atoms with E-state index in [1.165, 1.54) is 16.7 Å². The van der Waals surface area contributed by atoms with E-state index in [4.69, 9.17) is 16.3 Å². The van der Waals surface area contributed by atoms with E-state index in [1.807, 2.05) is 24.3 Å². The molecule has 168 valence electrons. The monoisotopic (exact) mass is 441 g/mol. The highest BCUT2D eigenvalue weighted by molar-refractivity contribution is 6.30. The van der Waals surface area contributed by atoms with Crippen molar-refractivity contribution >= 4 is 11.6 Å². The second-order valence-corrected chi connectivity index (χ2v) is 9.27. The summed E-state index contributed by atoms with van der Waals surface area (Å²) in [6.07, 6.45) is 2.24. The van der Waals surface area contributed by atoms with Crippen LogP contribution in [-0.4, -0.2) is 30.6 Å². The molecule has 0 aromatic heterocycles. The minimum atomic E-state index is 0.475. The van der Waals surface area contributed by atoms with Gasteiger partial charge in [0.05, 0.1) is 12.4 Å². The van der Waals surface area contributed by atoms with Gasteiger partial charge in [0, 0.05) is 24.2 Å². The van der Waals surface area contributed by atoms with Crippen molar-refractivity contribution in [1.29, 1.82) is 0 Å². The fourth-order valence-corrected chi connectivity index (χ4v) is 4.08. The van der Waals surface area contributed by atoms with Crippen LogP contribution in [0.25, 0.3) is 0 Å². The maximum absolute atomic E-state index is 6.17. The van der Waals surface area contributed by atoms with E-state index in [0.717, 1.165) is 62.2 Å². The van der Waals surface area contributed by atoms with Crippen molar-refractivity contribution in [2.45, 2.75) is 52.7 Å². The molecule has 1 heterocycles. The quantitative estimate of drug-likeness (QED) is 0.510. The van der Waals surface area contributed by atoms with Crippen molar-refractivity contribution in [3.8, 4) is 5.75 Å². The SMILES string of the molecule is C=C(NCc1ccc(OCC(C)C)cc1)N(Cc1ccc(Cl)cc1C)C1CCNCC1. The van der Waals surface area contributed by atoms with Gasteiger partial charge in [0.1, 0.15) is 5.75 Å². The first kappa shape index (κ1) is 23.5. The second-order valence-electron chi connectivity index (χ2n) is 8.83.